The first-order chi connectivity index (χ1) is 14.1. The highest BCUT2D eigenvalue weighted by molar-refractivity contribution is 7.19. The fourth-order valence-corrected chi connectivity index (χ4v) is 4.71. The lowest BCUT2D eigenvalue weighted by Crippen LogP contribution is -2.43. The lowest BCUT2D eigenvalue weighted by molar-refractivity contribution is -0.125. The zero-order valence-electron chi connectivity index (χ0n) is 16.1. The monoisotopic (exact) mass is 417 g/mol. The standard InChI is InChI=1S/C20H24FN5O2S/c21-16-8-2-1-6-14(16)12-22-18(28)15-7-5-10-25(13-15)19-23-24-20(29-19)26-11-4-3-9-17(26)27/h1-2,6,8,15H,3-5,7,9-13H2,(H,22,28). The van der Waals surface area contributed by atoms with Gasteiger partial charge >= 0.3 is 0 Å². The van der Waals surface area contributed by atoms with Crippen molar-refractivity contribution >= 4 is 33.4 Å². The SMILES string of the molecule is O=C(NCc1ccccc1F)C1CCCN(c2nnc(N3CCCCC3=O)s2)C1. The van der Waals surface area contributed by atoms with Crippen LogP contribution in [-0.2, 0) is 16.1 Å². The summed E-state index contributed by atoms with van der Waals surface area (Å²) in [5, 5.41) is 12.7. The number of aromatic nitrogens is 2. The maximum absolute atomic E-state index is 13.7. The predicted molar refractivity (Wildman–Crippen MR) is 109 cm³/mol. The molecule has 2 fully saturated rings. The van der Waals surface area contributed by atoms with Crippen LogP contribution in [0.25, 0.3) is 0 Å². The van der Waals surface area contributed by atoms with Crippen LogP contribution in [0.2, 0.25) is 0 Å². The Morgan fingerprint density at radius 1 is 1.17 bits per heavy atom. The summed E-state index contributed by atoms with van der Waals surface area (Å²) < 4.78 is 13.7. The van der Waals surface area contributed by atoms with E-state index in [2.05, 4.69) is 20.4 Å². The van der Waals surface area contributed by atoms with Gasteiger partial charge in [0.1, 0.15) is 5.82 Å². The summed E-state index contributed by atoms with van der Waals surface area (Å²) in [6, 6.07) is 6.46. The minimum Gasteiger partial charge on any atom is -0.352 e. The van der Waals surface area contributed by atoms with Crippen LogP contribution in [0.3, 0.4) is 0 Å². The number of anilines is 2. The Balaban J connectivity index is 1.36. The Kier molecular flexibility index (Phi) is 6.03. The predicted octanol–water partition coefficient (Wildman–Crippen LogP) is 2.73. The summed E-state index contributed by atoms with van der Waals surface area (Å²) in [7, 11) is 0. The van der Waals surface area contributed by atoms with Crippen LogP contribution in [0.5, 0.6) is 0 Å². The Labute approximate surface area is 172 Å². The van der Waals surface area contributed by atoms with Gasteiger partial charge in [-0.1, -0.05) is 29.5 Å². The fourth-order valence-electron chi connectivity index (χ4n) is 3.79. The molecule has 2 aromatic rings. The van der Waals surface area contributed by atoms with E-state index in [0.717, 1.165) is 37.4 Å². The Bertz CT molecular complexity index is 889. The zero-order chi connectivity index (χ0) is 20.2. The van der Waals surface area contributed by atoms with Crippen LogP contribution < -0.4 is 15.1 Å². The molecule has 3 heterocycles. The molecule has 7 nitrogen and oxygen atoms in total. The van der Waals surface area contributed by atoms with E-state index < -0.39 is 0 Å². The molecule has 2 aliphatic rings. The summed E-state index contributed by atoms with van der Waals surface area (Å²) in [5.41, 5.74) is 0.480. The molecule has 2 saturated heterocycles. The van der Waals surface area contributed by atoms with Crippen molar-refractivity contribution in [2.75, 3.05) is 29.4 Å². The molecule has 0 saturated carbocycles. The maximum Gasteiger partial charge on any atom is 0.228 e. The van der Waals surface area contributed by atoms with Crippen molar-refractivity contribution in [2.45, 2.75) is 38.6 Å². The summed E-state index contributed by atoms with van der Waals surface area (Å²) >= 11 is 1.40. The lowest BCUT2D eigenvalue weighted by atomic mass is 9.97. The van der Waals surface area contributed by atoms with Gasteiger partial charge in [-0.05, 0) is 31.7 Å². The van der Waals surface area contributed by atoms with Crippen LogP contribution in [-0.4, -0.2) is 41.6 Å². The average Bonchev–Trinajstić information content (AvgIpc) is 3.23. The summed E-state index contributed by atoms with van der Waals surface area (Å²) in [4.78, 5) is 28.5. The van der Waals surface area contributed by atoms with Crippen molar-refractivity contribution in [2.24, 2.45) is 5.92 Å². The summed E-state index contributed by atoms with van der Waals surface area (Å²) in [5.74, 6) is -0.469. The molecule has 1 atom stereocenters. The van der Waals surface area contributed by atoms with E-state index in [9.17, 15) is 14.0 Å². The largest absolute Gasteiger partial charge is 0.352 e. The minimum absolute atomic E-state index is 0.0751. The van der Waals surface area contributed by atoms with Gasteiger partial charge in [0.15, 0.2) is 0 Å². The molecule has 0 aliphatic carbocycles. The van der Waals surface area contributed by atoms with Gasteiger partial charge in [0.25, 0.3) is 0 Å². The Morgan fingerprint density at radius 2 is 2.00 bits per heavy atom. The molecule has 0 spiro atoms. The molecule has 29 heavy (non-hydrogen) atoms. The van der Waals surface area contributed by atoms with E-state index in [4.69, 9.17) is 0 Å². The first kappa shape index (κ1) is 19.8. The molecule has 154 valence electrons. The molecule has 1 aromatic heterocycles. The van der Waals surface area contributed by atoms with Gasteiger partial charge in [-0.15, -0.1) is 10.2 Å². The fraction of sp³-hybridized carbons (Fsp3) is 0.500. The number of benzene rings is 1. The quantitative estimate of drug-likeness (QED) is 0.809. The maximum atomic E-state index is 13.7. The molecule has 0 bridgehead atoms. The molecule has 0 radical (unpaired) electrons. The van der Waals surface area contributed by atoms with Crippen molar-refractivity contribution in [3.05, 3.63) is 35.6 Å². The highest BCUT2D eigenvalue weighted by atomic mass is 32.1. The van der Waals surface area contributed by atoms with Crippen molar-refractivity contribution in [1.82, 2.24) is 15.5 Å². The number of halogens is 1. The van der Waals surface area contributed by atoms with Gasteiger partial charge < -0.3 is 10.2 Å². The first-order valence-electron chi connectivity index (χ1n) is 10.0. The molecule has 9 heteroatoms. The minimum atomic E-state index is -0.313. The third-order valence-corrected chi connectivity index (χ3v) is 6.44. The van der Waals surface area contributed by atoms with E-state index in [-0.39, 0.29) is 30.1 Å². The van der Waals surface area contributed by atoms with E-state index in [0.29, 0.717) is 30.2 Å². The number of piperidine rings is 2. The van der Waals surface area contributed by atoms with Crippen molar-refractivity contribution in [3.63, 3.8) is 0 Å². The number of nitrogens with one attached hydrogen (secondary N) is 1. The van der Waals surface area contributed by atoms with E-state index in [1.807, 2.05) is 0 Å². The van der Waals surface area contributed by atoms with E-state index in [1.54, 1.807) is 23.1 Å². The van der Waals surface area contributed by atoms with Crippen LogP contribution in [0, 0.1) is 11.7 Å². The molecule has 1 unspecified atom stereocenters. The van der Waals surface area contributed by atoms with Gasteiger partial charge in [-0.2, -0.15) is 0 Å². The second kappa shape index (κ2) is 8.86. The highest BCUT2D eigenvalue weighted by Crippen LogP contribution is 2.32. The van der Waals surface area contributed by atoms with Gasteiger partial charge in [0, 0.05) is 38.2 Å². The van der Waals surface area contributed by atoms with Crippen LogP contribution in [0.1, 0.15) is 37.7 Å². The number of hydrogen-bond donors (Lipinski definition) is 1. The van der Waals surface area contributed by atoms with E-state index >= 15 is 0 Å². The normalized spacial score (nSPS) is 20.0. The molecular weight excluding hydrogens is 393 g/mol. The third-order valence-electron chi connectivity index (χ3n) is 5.43. The summed E-state index contributed by atoms with van der Waals surface area (Å²) in [6.07, 6.45) is 4.12. The second-order valence-electron chi connectivity index (χ2n) is 7.46. The first-order valence-corrected chi connectivity index (χ1v) is 10.8. The number of carbonyl (C=O) groups excluding carboxylic acids is 2. The Hall–Kier alpha value is -2.55. The number of rotatable bonds is 5. The second-order valence-corrected chi connectivity index (χ2v) is 8.40. The van der Waals surface area contributed by atoms with Gasteiger partial charge in [-0.25, -0.2) is 4.39 Å². The topological polar surface area (TPSA) is 78.4 Å². The van der Waals surface area contributed by atoms with Crippen LogP contribution >= 0.6 is 11.3 Å². The van der Waals surface area contributed by atoms with Crippen molar-refractivity contribution in [1.29, 1.82) is 0 Å². The smallest absolute Gasteiger partial charge is 0.228 e. The van der Waals surface area contributed by atoms with Gasteiger partial charge in [0.05, 0.1) is 5.92 Å². The average molecular weight is 418 g/mol. The van der Waals surface area contributed by atoms with E-state index in [1.165, 1.54) is 17.4 Å². The number of nitrogens with zero attached hydrogens (tertiary/aromatic N) is 4. The molecular formula is C20H24FN5O2S. The van der Waals surface area contributed by atoms with Gasteiger partial charge in [0.2, 0.25) is 22.1 Å². The number of carbonyl (C=O) groups is 2. The molecule has 2 amide bonds. The van der Waals surface area contributed by atoms with Crippen molar-refractivity contribution < 1.29 is 14.0 Å². The zero-order valence-corrected chi connectivity index (χ0v) is 17.0. The molecule has 1 aromatic carbocycles. The molecule has 4 rings (SSSR count). The highest BCUT2D eigenvalue weighted by Gasteiger charge is 2.29. The van der Waals surface area contributed by atoms with Crippen LogP contribution in [0.15, 0.2) is 24.3 Å². The lowest BCUT2D eigenvalue weighted by Gasteiger charge is -2.31. The molecule has 1 N–H and O–H groups in total. The third kappa shape index (κ3) is 4.55. The number of hydrogen-bond acceptors (Lipinski definition) is 6. The number of amides is 2. The van der Waals surface area contributed by atoms with Crippen molar-refractivity contribution in [3.8, 4) is 0 Å². The Morgan fingerprint density at radius 3 is 2.83 bits per heavy atom. The summed E-state index contributed by atoms with van der Waals surface area (Å²) in [6.45, 7) is 2.22. The van der Waals surface area contributed by atoms with Gasteiger partial charge in [-0.3, -0.25) is 14.5 Å². The van der Waals surface area contributed by atoms with Crippen LogP contribution in [0.4, 0.5) is 14.7 Å². The molecule has 2 aliphatic heterocycles.